The molecular formula is C28H31N5O4S. The molecule has 4 rings (SSSR count). The van der Waals surface area contributed by atoms with Crippen molar-refractivity contribution in [2.45, 2.75) is 37.6 Å². The van der Waals surface area contributed by atoms with Crippen molar-refractivity contribution in [2.24, 2.45) is 5.16 Å². The molecule has 1 saturated heterocycles. The molecule has 2 atom stereocenters. The molecule has 3 aromatic rings. The number of aromatic nitrogens is 2. The van der Waals surface area contributed by atoms with Crippen LogP contribution in [-0.4, -0.2) is 52.6 Å². The number of oxime groups is 1. The van der Waals surface area contributed by atoms with E-state index in [1.54, 1.807) is 37.3 Å². The topological polar surface area (TPSA) is 115 Å². The van der Waals surface area contributed by atoms with Crippen LogP contribution in [0.15, 0.2) is 78.5 Å². The Labute approximate surface area is 226 Å². The molecule has 0 bridgehead atoms. The number of thioether (sulfide) groups is 1. The maximum atomic E-state index is 12.9. The molecule has 9 nitrogen and oxygen atoms in total. The van der Waals surface area contributed by atoms with Gasteiger partial charge in [-0.05, 0) is 55.7 Å². The SMILES string of the molecule is CCOC(=O)CCCCO/N=C(/c1ccc(NC(=O)C2CSC(c3cccnc3)N2)cc1)c1cccnc1. The second kappa shape index (κ2) is 14.3. The minimum Gasteiger partial charge on any atom is -0.466 e. The highest BCUT2D eigenvalue weighted by atomic mass is 32.2. The average Bonchev–Trinajstić information content (AvgIpc) is 3.45. The van der Waals surface area contributed by atoms with E-state index in [4.69, 9.17) is 9.57 Å². The van der Waals surface area contributed by atoms with Crippen LogP contribution in [0.25, 0.3) is 0 Å². The van der Waals surface area contributed by atoms with Crippen LogP contribution >= 0.6 is 11.8 Å². The van der Waals surface area contributed by atoms with Gasteiger partial charge < -0.3 is 14.9 Å². The molecule has 10 heteroatoms. The van der Waals surface area contributed by atoms with Crippen molar-refractivity contribution in [3.05, 3.63) is 90.0 Å². The molecule has 0 aliphatic carbocycles. The van der Waals surface area contributed by atoms with Crippen LogP contribution in [0.5, 0.6) is 0 Å². The van der Waals surface area contributed by atoms with Crippen LogP contribution in [0.1, 0.15) is 48.3 Å². The van der Waals surface area contributed by atoms with Gasteiger partial charge in [0, 0.05) is 53.8 Å². The third kappa shape index (κ3) is 7.87. The average molecular weight is 534 g/mol. The van der Waals surface area contributed by atoms with Crippen LogP contribution in [0.4, 0.5) is 5.69 Å². The number of pyridine rings is 2. The minimum atomic E-state index is -0.297. The fraction of sp³-hybridized carbons (Fsp3) is 0.321. The lowest BCUT2D eigenvalue weighted by atomic mass is 10.0. The number of carbonyl (C=O) groups is 2. The van der Waals surface area contributed by atoms with Gasteiger partial charge in [-0.3, -0.25) is 24.9 Å². The molecule has 3 heterocycles. The Morgan fingerprint density at radius 1 is 1.05 bits per heavy atom. The number of nitrogens with one attached hydrogen (secondary N) is 2. The molecule has 2 unspecified atom stereocenters. The molecule has 1 aliphatic heterocycles. The number of esters is 1. The first-order valence-electron chi connectivity index (χ1n) is 12.6. The third-order valence-electron chi connectivity index (χ3n) is 5.77. The number of benzene rings is 1. The van der Waals surface area contributed by atoms with Crippen molar-refractivity contribution in [1.29, 1.82) is 0 Å². The molecule has 1 amide bonds. The first-order chi connectivity index (χ1) is 18.6. The van der Waals surface area contributed by atoms with Gasteiger partial charge in [-0.1, -0.05) is 23.4 Å². The molecule has 0 radical (unpaired) electrons. The zero-order valence-electron chi connectivity index (χ0n) is 21.2. The lowest BCUT2D eigenvalue weighted by Crippen LogP contribution is -2.38. The third-order valence-corrected chi connectivity index (χ3v) is 7.04. The Morgan fingerprint density at radius 2 is 1.84 bits per heavy atom. The molecule has 38 heavy (non-hydrogen) atoms. The molecule has 0 spiro atoms. The Kier molecular flexibility index (Phi) is 10.2. The number of hydrogen-bond acceptors (Lipinski definition) is 9. The van der Waals surface area contributed by atoms with Gasteiger partial charge in [0.1, 0.15) is 12.3 Å². The summed E-state index contributed by atoms with van der Waals surface area (Å²) in [5, 5.41) is 10.8. The van der Waals surface area contributed by atoms with E-state index in [1.807, 2.05) is 54.7 Å². The zero-order chi connectivity index (χ0) is 26.6. The van der Waals surface area contributed by atoms with Gasteiger partial charge in [0.25, 0.3) is 0 Å². The van der Waals surface area contributed by atoms with Crippen molar-refractivity contribution in [1.82, 2.24) is 15.3 Å². The summed E-state index contributed by atoms with van der Waals surface area (Å²) in [5.41, 5.74) is 4.02. The van der Waals surface area contributed by atoms with Crippen molar-refractivity contribution in [2.75, 3.05) is 24.3 Å². The second-order valence-electron chi connectivity index (χ2n) is 8.56. The highest BCUT2D eigenvalue weighted by molar-refractivity contribution is 7.99. The van der Waals surface area contributed by atoms with Gasteiger partial charge in [0.15, 0.2) is 0 Å². The predicted molar refractivity (Wildman–Crippen MR) is 148 cm³/mol. The predicted octanol–water partition coefficient (Wildman–Crippen LogP) is 4.32. The second-order valence-corrected chi connectivity index (χ2v) is 9.70. The first-order valence-corrected chi connectivity index (χ1v) is 13.6. The van der Waals surface area contributed by atoms with Crippen molar-refractivity contribution < 1.29 is 19.2 Å². The fourth-order valence-corrected chi connectivity index (χ4v) is 5.07. The monoisotopic (exact) mass is 533 g/mol. The van der Waals surface area contributed by atoms with Gasteiger partial charge in [-0.15, -0.1) is 11.8 Å². The fourth-order valence-electron chi connectivity index (χ4n) is 3.84. The van der Waals surface area contributed by atoms with Crippen LogP contribution in [0.3, 0.4) is 0 Å². The molecule has 0 saturated carbocycles. The number of anilines is 1. The molecule has 1 aromatic carbocycles. The van der Waals surface area contributed by atoms with Crippen molar-refractivity contribution in [3.8, 4) is 0 Å². The van der Waals surface area contributed by atoms with E-state index in [9.17, 15) is 9.59 Å². The van der Waals surface area contributed by atoms with Crippen LogP contribution in [0, 0.1) is 0 Å². The van der Waals surface area contributed by atoms with E-state index in [0.717, 1.165) is 16.7 Å². The standard InChI is InChI=1S/C28H31N5O4S/c1-2-36-25(34)9-3-4-16-37-33-26(21-7-5-14-29-17-21)20-10-12-23(13-11-20)31-27(35)24-19-38-28(32-24)22-8-6-15-30-18-22/h5-8,10-15,17-18,24,28,32H,2-4,9,16,19H2,1H3,(H,31,35)/b33-26-. The quantitative estimate of drug-likeness (QED) is 0.153. The van der Waals surface area contributed by atoms with Gasteiger partial charge in [0.2, 0.25) is 5.91 Å². The van der Waals surface area contributed by atoms with Gasteiger partial charge in [-0.2, -0.15) is 0 Å². The smallest absolute Gasteiger partial charge is 0.305 e. The number of hydrogen-bond donors (Lipinski definition) is 2. The maximum Gasteiger partial charge on any atom is 0.305 e. The van der Waals surface area contributed by atoms with Crippen molar-refractivity contribution in [3.63, 3.8) is 0 Å². The molecular weight excluding hydrogens is 502 g/mol. The summed E-state index contributed by atoms with van der Waals surface area (Å²) in [4.78, 5) is 38.3. The summed E-state index contributed by atoms with van der Waals surface area (Å²) in [6.45, 7) is 2.56. The van der Waals surface area contributed by atoms with E-state index in [0.29, 0.717) is 49.6 Å². The number of nitrogens with zero attached hydrogens (tertiary/aromatic N) is 3. The Hall–Kier alpha value is -3.76. The molecule has 2 N–H and O–H groups in total. The van der Waals surface area contributed by atoms with Crippen molar-refractivity contribution >= 4 is 35.0 Å². The van der Waals surface area contributed by atoms with E-state index in [1.165, 1.54) is 0 Å². The Bertz CT molecular complexity index is 1210. The molecule has 1 aliphatic rings. The summed E-state index contributed by atoms with van der Waals surface area (Å²) >= 11 is 1.69. The number of carbonyl (C=O) groups excluding carboxylic acids is 2. The minimum absolute atomic E-state index is 0.0465. The Balaban J connectivity index is 1.34. The summed E-state index contributed by atoms with van der Waals surface area (Å²) in [6.07, 6.45) is 8.69. The normalized spacial score (nSPS) is 17.1. The number of ether oxygens (including phenoxy) is 1. The first kappa shape index (κ1) is 27.3. The molecule has 2 aromatic heterocycles. The number of amides is 1. The summed E-state index contributed by atoms with van der Waals surface area (Å²) in [6, 6.07) is 14.8. The summed E-state index contributed by atoms with van der Waals surface area (Å²) < 4.78 is 4.94. The number of unbranched alkanes of at least 4 members (excludes halogenated alkanes) is 1. The number of rotatable bonds is 12. The van der Waals surface area contributed by atoms with Gasteiger partial charge in [-0.25, -0.2) is 0 Å². The maximum absolute atomic E-state index is 12.9. The van der Waals surface area contributed by atoms with Crippen LogP contribution in [-0.2, 0) is 19.2 Å². The van der Waals surface area contributed by atoms with Crippen LogP contribution < -0.4 is 10.6 Å². The molecule has 1 fully saturated rings. The van der Waals surface area contributed by atoms with E-state index < -0.39 is 0 Å². The van der Waals surface area contributed by atoms with E-state index >= 15 is 0 Å². The lowest BCUT2D eigenvalue weighted by molar-refractivity contribution is -0.143. The summed E-state index contributed by atoms with van der Waals surface area (Å²) in [7, 11) is 0. The zero-order valence-corrected chi connectivity index (χ0v) is 22.0. The van der Waals surface area contributed by atoms with Crippen LogP contribution in [0.2, 0.25) is 0 Å². The Morgan fingerprint density at radius 3 is 2.55 bits per heavy atom. The lowest BCUT2D eigenvalue weighted by Gasteiger charge is -2.14. The van der Waals surface area contributed by atoms with E-state index in [2.05, 4.69) is 25.8 Å². The highest BCUT2D eigenvalue weighted by Gasteiger charge is 2.30. The molecule has 198 valence electrons. The van der Waals surface area contributed by atoms with Gasteiger partial charge >= 0.3 is 5.97 Å². The largest absolute Gasteiger partial charge is 0.466 e. The van der Waals surface area contributed by atoms with E-state index in [-0.39, 0.29) is 23.3 Å². The summed E-state index contributed by atoms with van der Waals surface area (Å²) in [5.74, 6) is 0.400. The van der Waals surface area contributed by atoms with Gasteiger partial charge in [0.05, 0.1) is 18.0 Å². The highest BCUT2D eigenvalue weighted by Crippen LogP contribution is 2.32.